The number of benzene rings is 1. The lowest BCUT2D eigenvalue weighted by molar-refractivity contribution is -0.129. The molecule has 0 fully saturated rings. The molecule has 7 nitrogen and oxygen atoms in total. The van der Waals surface area contributed by atoms with Crippen molar-refractivity contribution in [1.29, 1.82) is 0 Å². The maximum Gasteiger partial charge on any atom is 0.266 e. The second-order valence-electron chi connectivity index (χ2n) is 6.85. The van der Waals surface area contributed by atoms with E-state index in [1.165, 1.54) is 4.90 Å². The molecule has 0 saturated carbocycles. The summed E-state index contributed by atoms with van der Waals surface area (Å²) in [6.07, 6.45) is 4.95. The first-order valence-electron chi connectivity index (χ1n) is 8.88. The molecule has 7 heteroatoms. The fourth-order valence-corrected chi connectivity index (χ4v) is 3.58. The molecule has 0 bridgehead atoms. The van der Waals surface area contributed by atoms with Gasteiger partial charge in [0.1, 0.15) is 0 Å². The van der Waals surface area contributed by atoms with Gasteiger partial charge in [0.25, 0.3) is 5.91 Å². The highest BCUT2D eigenvalue weighted by Crippen LogP contribution is 2.40. The van der Waals surface area contributed by atoms with Crippen LogP contribution in [0.5, 0.6) is 0 Å². The number of pyridine rings is 1. The Bertz CT molecular complexity index is 1070. The van der Waals surface area contributed by atoms with E-state index in [4.69, 9.17) is 5.73 Å². The first-order valence-corrected chi connectivity index (χ1v) is 8.88. The van der Waals surface area contributed by atoms with Gasteiger partial charge >= 0.3 is 0 Å². The third kappa shape index (κ3) is 2.72. The highest BCUT2D eigenvalue weighted by atomic mass is 16.2. The molecule has 0 spiro atoms. The Hall–Kier alpha value is -3.61. The van der Waals surface area contributed by atoms with Crippen LogP contribution in [0.3, 0.4) is 0 Å². The highest BCUT2D eigenvalue weighted by molar-refractivity contribution is 6.09. The van der Waals surface area contributed by atoms with Gasteiger partial charge in [0.15, 0.2) is 11.5 Å². The fraction of sp³-hybridized carbons (Fsp3) is 0.190. The average Bonchev–Trinajstić information content (AvgIpc) is 2.93. The van der Waals surface area contributed by atoms with Crippen LogP contribution in [0.1, 0.15) is 22.5 Å². The van der Waals surface area contributed by atoms with Crippen LogP contribution in [0.2, 0.25) is 0 Å². The smallest absolute Gasteiger partial charge is 0.266 e. The van der Waals surface area contributed by atoms with Gasteiger partial charge in [-0.2, -0.15) is 0 Å². The van der Waals surface area contributed by atoms with E-state index in [9.17, 15) is 4.79 Å². The minimum atomic E-state index is -1.25. The van der Waals surface area contributed by atoms with Gasteiger partial charge in [0.05, 0.1) is 11.9 Å². The molecule has 4 rings (SSSR count). The standard InChI is InChI=1S/C21H20N6O/c1-13-9-17(10-14(2)25-13)21(19(28)27(3)20(22)26-21)16-6-4-5-15(11-16)18-12-23-7-8-24-18/h4-12H,1-3H3,(H2,22,26). The fourth-order valence-electron chi connectivity index (χ4n) is 3.58. The number of aliphatic imine (C=N–C) groups is 1. The Kier molecular flexibility index (Phi) is 4.15. The van der Waals surface area contributed by atoms with E-state index in [1.54, 1.807) is 25.6 Å². The third-order valence-electron chi connectivity index (χ3n) is 4.88. The summed E-state index contributed by atoms with van der Waals surface area (Å²) < 4.78 is 0. The second-order valence-corrected chi connectivity index (χ2v) is 6.85. The first kappa shape index (κ1) is 17.8. The molecule has 2 N–H and O–H groups in total. The zero-order chi connectivity index (χ0) is 19.9. The molecule has 2 aromatic heterocycles. The number of aryl methyl sites for hydroxylation is 2. The van der Waals surface area contributed by atoms with Crippen LogP contribution >= 0.6 is 0 Å². The number of guanidine groups is 1. The lowest BCUT2D eigenvalue weighted by Crippen LogP contribution is -2.41. The van der Waals surface area contributed by atoms with Crippen molar-refractivity contribution in [3.63, 3.8) is 0 Å². The van der Waals surface area contributed by atoms with Crippen molar-refractivity contribution in [1.82, 2.24) is 19.9 Å². The van der Waals surface area contributed by atoms with Gasteiger partial charge < -0.3 is 5.73 Å². The number of rotatable bonds is 3. The number of likely N-dealkylation sites (N-methyl/N-ethyl adjacent to an activating group) is 1. The molecule has 1 aromatic carbocycles. The van der Waals surface area contributed by atoms with Crippen molar-refractivity contribution in [2.75, 3.05) is 7.05 Å². The number of carbonyl (C=O) groups excluding carboxylic acids is 1. The van der Waals surface area contributed by atoms with Crippen molar-refractivity contribution in [3.05, 3.63) is 77.5 Å². The lowest BCUT2D eigenvalue weighted by atomic mass is 9.81. The maximum atomic E-state index is 13.4. The van der Waals surface area contributed by atoms with Crippen LogP contribution in [0, 0.1) is 13.8 Å². The Morgan fingerprint density at radius 1 is 1.04 bits per heavy atom. The van der Waals surface area contributed by atoms with Crippen molar-refractivity contribution in [3.8, 4) is 11.3 Å². The Morgan fingerprint density at radius 3 is 2.39 bits per heavy atom. The number of amides is 1. The molecule has 0 aliphatic carbocycles. The third-order valence-corrected chi connectivity index (χ3v) is 4.88. The highest BCUT2D eigenvalue weighted by Gasteiger charge is 2.49. The number of nitrogens with two attached hydrogens (primary N) is 1. The Labute approximate surface area is 163 Å². The van der Waals surface area contributed by atoms with Crippen LogP contribution < -0.4 is 5.73 Å². The summed E-state index contributed by atoms with van der Waals surface area (Å²) in [5, 5.41) is 0. The predicted octanol–water partition coefficient (Wildman–Crippen LogP) is 2.19. The molecule has 1 aliphatic rings. The largest absolute Gasteiger partial charge is 0.369 e. The predicted molar refractivity (Wildman–Crippen MR) is 106 cm³/mol. The topological polar surface area (TPSA) is 97.4 Å². The van der Waals surface area contributed by atoms with Gasteiger partial charge in [-0.05, 0) is 43.2 Å². The first-order chi connectivity index (χ1) is 13.4. The van der Waals surface area contributed by atoms with E-state index in [2.05, 4.69) is 19.9 Å². The van der Waals surface area contributed by atoms with E-state index < -0.39 is 5.54 Å². The summed E-state index contributed by atoms with van der Waals surface area (Å²) in [7, 11) is 1.64. The van der Waals surface area contributed by atoms with E-state index in [-0.39, 0.29) is 11.9 Å². The number of nitrogens with zero attached hydrogens (tertiary/aromatic N) is 5. The van der Waals surface area contributed by atoms with Crippen LogP contribution in [0.15, 0.2) is 60.0 Å². The summed E-state index contributed by atoms with van der Waals surface area (Å²) in [5.41, 5.74) is 9.47. The molecule has 28 heavy (non-hydrogen) atoms. The monoisotopic (exact) mass is 372 g/mol. The van der Waals surface area contributed by atoms with Gasteiger partial charge in [-0.1, -0.05) is 18.2 Å². The summed E-state index contributed by atoms with van der Waals surface area (Å²) in [5.74, 6) is -0.0201. The Balaban J connectivity index is 1.97. The molecule has 1 amide bonds. The Morgan fingerprint density at radius 2 is 1.79 bits per heavy atom. The van der Waals surface area contributed by atoms with Crippen molar-refractivity contribution in [2.45, 2.75) is 19.4 Å². The normalized spacial score (nSPS) is 19.0. The van der Waals surface area contributed by atoms with Crippen molar-refractivity contribution < 1.29 is 4.79 Å². The van der Waals surface area contributed by atoms with Gasteiger partial charge in [0, 0.05) is 36.4 Å². The average molecular weight is 372 g/mol. The minimum Gasteiger partial charge on any atom is -0.369 e. The zero-order valence-electron chi connectivity index (χ0n) is 15.9. The molecule has 1 aliphatic heterocycles. The van der Waals surface area contributed by atoms with E-state index >= 15 is 0 Å². The molecular weight excluding hydrogens is 352 g/mol. The summed E-state index contributed by atoms with van der Waals surface area (Å²) >= 11 is 0. The molecule has 3 heterocycles. The van der Waals surface area contributed by atoms with Gasteiger partial charge in [-0.15, -0.1) is 0 Å². The summed E-state index contributed by atoms with van der Waals surface area (Å²) in [4.78, 5) is 32.4. The van der Waals surface area contributed by atoms with Crippen LogP contribution in [0.4, 0.5) is 0 Å². The molecule has 140 valence electrons. The SMILES string of the molecule is Cc1cc(C2(c3cccc(-c4cnccn4)c3)N=C(N)N(C)C2=O)cc(C)n1. The van der Waals surface area contributed by atoms with Crippen molar-refractivity contribution >= 4 is 11.9 Å². The summed E-state index contributed by atoms with van der Waals surface area (Å²) in [6.45, 7) is 3.80. The quantitative estimate of drug-likeness (QED) is 0.760. The van der Waals surface area contributed by atoms with Crippen molar-refractivity contribution in [2.24, 2.45) is 10.7 Å². The number of carbonyl (C=O) groups is 1. The number of aromatic nitrogens is 3. The van der Waals surface area contributed by atoms with Crippen LogP contribution in [-0.2, 0) is 10.3 Å². The summed E-state index contributed by atoms with van der Waals surface area (Å²) in [6, 6.07) is 11.4. The van der Waals surface area contributed by atoms with Gasteiger partial charge in [-0.3, -0.25) is 24.6 Å². The van der Waals surface area contributed by atoms with Gasteiger partial charge in [-0.25, -0.2) is 4.99 Å². The maximum absolute atomic E-state index is 13.4. The zero-order valence-corrected chi connectivity index (χ0v) is 15.9. The second kappa shape index (κ2) is 6.53. The molecule has 1 atom stereocenters. The number of hydrogen-bond donors (Lipinski definition) is 1. The van der Waals surface area contributed by atoms with Gasteiger partial charge in [0.2, 0.25) is 0 Å². The molecule has 0 radical (unpaired) electrons. The molecular formula is C21H20N6O. The lowest BCUT2D eigenvalue weighted by Gasteiger charge is -2.27. The molecule has 0 saturated heterocycles. The van der Waals surface area contributed by atoms with E-state index in [0.29, 0.717) is 0 Å². The minimum absolute atomic E-state index is 0.182. The number of hydrogen-bond acceptors (Lipinski definition) is 6. The van der Waals surface area contributed by atoms with E-state index in [1.807, 2.05) is 50.2 Å². The van der Waals surface area contributed by atoms with E-state index in [0.717, 1.165) is 33.8 Å². The van der Waals surface area contributed by atoms with Crippen LogP contribution in [-0.4, -0.2) is 38.8 Å². The van der Waals surface area contributed by atoms with Crippen LogP contribution in [0.25, 0.3) is 11.3 Å². The molecule has 1 unspecified atom stereocenters. The molecule has 3 aromatic rings.